The Bertz CT molecular complexity index is 443. The van der Waals surface area contributed by atoms with Crippen molar-refractivity contribution in [2.75, 3.05) is 0 Å². The summed E-state index contributed by atoms with van der Waals surface area (Å²) in [6, 6.07) is 5.99. The minimum Gasteiger partial charge on any atom is -0.392 e. The summed E-state index contributed by atoms with van der Waals surface area (Å²) >= 11 is 0. The van der Waals surface area contributed by atoms with Crippen LogP contribution >= 0.6 is 0 Å². The molecule has 0 aliphatic heterocycles. The second kappa shape index (κ2) is 2.89. The lowest BCUT2D eigenvalue weighted by atomic mass is 10.1. The van der Waals surface area contributed by atoms with Gasteiger partial charge in [-0.15, -0.1) is 0 Å². The summed E-state index contributed by atoms with van der Waals surface area (Å²) in [5.41, 5.74) is 4.58. The number of benzene rings is 1. The Hall–Kier alpha value is -1.28. The third-order valence-corrected chi connectivity index (χ3v) is 2.56. The normalized spacial score (nSPS) is 11.0. The number of aromatic nitrogens is 1. The van der Waals surface area contributed by atoms with Gasteiger partial charge < -0.3 is 10.1 Å². The van der Waals surface area contributed by atoms with Crippen molar-refractivity contribution in [1.82, 2.24) is 4.98 Å². The van der Waals surface area contributed by atoms with Crippen LogP contribution in [0.3, 0.4) is 0 Å². The molecule has 0 radical (unpaired) electrons. The molecule has 1 aromatic carbocycles. The number of H-pyrrole nitrogens is 1. The first-order valence-electron chi connectivity index (χ1n) is 4.41. The van der Waals surface area contributed by atoms with E-state index < -0.39 is 0 Å². The van der Waals surface area contributed by atoms with E-state index in [0.29, 0.717) is 0 Å². The maximum atomic E-state index is 8.98. The van der Waals surface area contributed by atoms with Crippen LogP contribution in [0.1, 0.15) is 16.8 Å². The molecule has 68 valence electrons. The first-order valence-corrected chi connectivity index (χ1v) is 4.41. The van der Waals surface area contributed by atoms with Gasteiger partial charge in [-0.2, -0.15) is 0 Å². The predicted molar refractivity (Wildman–Crippen MR) is 53.7 cm³/mol. The van der Waals surface area contributed by atoms with E-state index >= 15 is 0 Å². The molecule has 0 spiro atoms. The number of hydrogen-bond acceptors (Lipinski definition) is 1. The lowest BCUT2D eigenvalue weighted by Gasteiger charge is -1.96. The quantitative estimate of drug-likeness (QED) is 0.685. The Morgan fingerprint density at radius 1 is 1.31 bits per heavy atom. The van der Waals surface area contributed by atoms with Crippen LogP contribution in [0.5, 0.6) is 0 Å². The van der Waals surface area contributed by atoms with Gasteiger partial charge in [-0.1, -0.05) is 6.07 Å². The molecule has 0 saturated carbocycles. The fourth-order valence-corrected chi connectivity index (χ4v) is 1.61. The molecule has 2 heteroatoms. The molecule has 2 N–H and O–H groups in total. The minimum atomic E-state index is 0.111. The zero-order valence-electron chi connectivity index (χ0n) is 7.89. The summed E-state index contributed by atoms with van der Waals surface area (Å²) in [5.74, 6) is 0. The zero-order chi connectivity index (χ0) is 9.42. The number of aromatic amines is 1. The maximum Gasteiger partial charge on any atom is 0.0682 e. The zero-order valence-corrected chi connectivity index (χ0v) is 7.89. The van der Waals surface area contributed by atoms with Gasteiger partial charge in [-0.25, -0.2) is 0 Å². The van der Waals surface area contributed by atoms with Crippen LogP contribution in [0.15, 0.2) is 18.2 Å². The first kappa shape index (κ1) is 8.32. The van der Waals surface area contributed by atoms with E-state index in [1.165, 1.54) is 16.6 Å². The second-order valence-corrected chi connectivity index (χ2v) is 3.41. The number of aliphatic hydroxyl groups excluding tert-OH is 1. The predicted octanol–water partition coefficient (Wildman–Crippen LogP) is 2.28. The average molecular weight is 175 g/mol. The summed E-state index contributed by atoms with van der Waals surface area (Å²) in [6.07, 6.45) is 0. The molecule has 0 saturated heterocycles. The molecule has 1 aromatic heterocycles. The van der Waals surface area contributed by atoms with Crippen LogP contribution in [0.4, 0.5) is 0 Å². The minimum absolute atomic E-state index is 0.111. The molecule has 2 rings (SSSR count). The molecule has 0 fully saturated rings. The molecule has 0 unspecified atom stereocenters. The van der Waals surface area contributed by atoms with Crippen molar-refractivity contribution in [2.45, 2.75) is 20.5 Å². The highest BCUT2D eigenvalue weighted by molar-refractivity contribution is 5.84. The van der Waals surface area contributed by atoms with Crippen LogP contribution in [0, 0.1) is 13.8 Å². The van der Waals surface area contributed by atoms with E-state index in [1.807, 2.05) is 18.2 Å². The van der Waals surface area contributed by atoms with Gasteiger partial charge in [0.25, 0.3) is 0 Å². The van der Waals surface area contributed by atoms with Gasteiger partial charge >= 0.3 is 0 Å². The highest BCUT2D eigenvalue weighted by Crippen LogP contribution is 2.22. The molecular weight excluding hydrogens is 162 g/mol. The SMILES string of the molecule is Cc1[nH]c2ccc(CO)cc2c1C. The van der Waals surface area contributed by atoms with Crippen molar-refractivity contribution in [3.05, 3.63) is 35.0 Å². The molecule has 1 heterocycles. The van der Waals surface area contributed by atoms with Crippen LogP contribution in [-0.4, -0.2) is 10.1 Å². The Morgan fingerprint density at radius 3 is 2.77 bits per heavy atom. The summed E-state index contributed by atoms with van der Waals surface area (Å²) < 4.78 is 0. The van der Waals surface area contributed by atoms with E-state index in [-0.39, 0.29) is 6.61 Å². The van der Waals surface area contributed by atoms with E-state index in [0.717, 1.165) is 11.1 Å². The maximum absolute atomic E-state index is 8.98. The molecule has 0 bridgehead atoms. The number of rotatable bonds is 1. The van der Waals surface area contributed by atoms with E-state index in [9.17, 15) is 0 Å². The monoisotopic (exact) mass is 175 g/mol. The van der Waals surface area contributed by atoms with E-state index in [1.54, 1.807) is 0 Å². The van der Waals surface area contributed by atoms with Crippen LogP contribution in [0.25, 0.3) is 10.9 Å². The molecule has 0 amide bonds. The summed E-state index contributed by atoms with van der Waals surface area (Å²) in [7, 11) is 0. The van der Waals surface area contributed by atoms with Crippen LogP contribution in [0.2, 0.25) is 0 Å². The smallest absolute Gasteiger partial charge is 0.0682 e. The van der Waals surface area contributed by atoms with Gasteiger partial charge in [0.1, 0.15) is 0 Å². The standard InChI is InChI=1S/C11H13NO/c1-7-8(2)12-11-4-3-9(6-13)5-10(7)11/h3-5,12-13H,6H2,1-2H3. The fraction of sp³-hybridized carbons (Fsp3) is 0.273. The van der Waals surface area contributed by atoms with Crippen molar-refractivity contribution < 1.29 is 5.11 Å². The largest absolute Gasteiger partial charge is 0.392 e. The van der Waals surface area contributed by atoms with Gasteiger partial charge in [0.05, 0.1) is 6.61 Å². The third-order valence-electron chi connectivity index (χ3n) is 2.56. The number of nitrogens with one attached hydrogen (secondary N) is 1. The lowest BCUT2D eigenvalue weighted by molar-refractivity contribution is 0.282. The van der Waals surface area contributed by atoms with Crippen molar-refractivity contribution in [2.24, 2.45) is 0 Å². The van der Waals surface area contributed by atoms with Crippen molar-refractivity contribution in [1.29, 1.82) is 0 Å². The van der Waals surface area contributed by atoms with Gasteiger partial charge in [0.15, 0.2) is 0 Å². The molecule has 2 nitrogen and oxygen atoms in total. The summed E-state index contributed by atoms with van der Waals surface area (Å²) in [5, 5.41) is 10.2. The topological polar surface area (TPSA) is 36.0 Å². The third kappa shape index (κ3) is 1.23. The molecule has 0 aliphatic rings. The Morgan fingerprint density at radius 2 is 2.08 bits per heavy atom. The van der Waals surface area contributed by atoms with E-state index in [2.05, 4.69) is 18.8 Å². The van der Waals surface area contributed by atoms with Gasteiger partial charge in [-0.3, -0.25) is 0 Å². The summed E-state index contributed by atoms with van der Waals surface area (Å²) in [6.45, 7) is 4.27. The molecule has 0 aliphatic carbocycles. The van der Waals surface area contributed by atoms with Crippen LogP contribution < -0.4 is 0 Å². The molecular formula is C11H13NO. The Balaban J connectivity index is 2.75. The van der Waals surface area contributed by atoms with Crippen LogP contribution in [-0.2, 0) is 6.61 Å². The van der Waals surface area contributed by atoms with Gasteiger partial charge in [0, 0.05) is 16.6 Å². The lowest BCUT2D eigenvalue weighted by Crippen LogP contribution is -1.81. The number of fused-ring (bicyclic) bond motifs is 1. The van der Waals surface area contributed by atoms with Gasteiger partial charge in [-0.05, 0) is 37.1 Å². The van der Waals surface area contributed by atoms with Crippen molar-refractivity contribution in [3.63, 3.8) is 0 Å². The highest BCUT2D eigenvalue weighted by Gasteiger charge is 2.03. The van der Waals surface area contributed by atoms with Gasteiger partial charge in [0.2, 0.25) is 0 Å². The number of hydrogen-bond donors (Lipinski definition) is 2. The molecule has 0 atom stereocenters. The first-order chi connectivity index (χ1) is 6.22. The highest BCUT2D eigenvalue weighted by atomic mass is 16.3. The van der Waals surface area contributed by atoms with E-state index in [4.69, 9.17) is 5.11 Å². The number of aliphatic hydroxyl groups is 1. The average Bonchev–Trinajstić information content (AvgIpc) is 2.43. The van der Waals surface area contributed by atoms with Crippen molar-refractivity contribution >= 4 is 10.9 Å². The Kier molecular flexibility index (Phi) is 1.85. The Labute approximate surface area is 77.2 Å². The van der Waals surface area contributed by atoms with Crippen molar-refractivity contribution in [3.8, 4) is 0 Å². The fourth-order valence-electron chi connectivity index (χ4n) is 1.61. The number of aryl methyl sites for hydroxylation is 2. The summed E-state index contributed by atoms with van der Waals surface area (Å²) in [4.78, 5) is 3.30. The molecule has 2 aromatic rings. The molecule has 13 heavy (non-hydrogen) atoms. The second-order valence-electron chi connectivity index (χ2n) is 3.41.